The van der Waals surface area contributed by atoms with Crippen molar-refractivity contribution in [1.82, 2.24) is 20.5 Å². The second-order valence-electron chi connectivity index (χ2n) is 6.57. The third-order valence-electron chi connectivity index (χ3n) is 4.11. The largest absolute Gasteiger partial charge is 0.419 e. The van der Waals surface area contributed by atoms with Gasteiger partial charge in [-0.1, -0.05) is 12.1 Å². The standard InChI is InChI=1S/C20H25F3N6O/c1-24-19(28-13-14-6-8-15(9-7-14)18(30)29(2)3)27-12-11-26-17-16(20(21,22)23)5-4-10-25-17/h4-10H,11-13H2,1-3H3,(H,25,26)(H2,24,27,28). The molecule has 0 atom stereocenters. The number of hydrogen-bond acceptors (Lipinski definition) is 4. The number of nitrogens with zero attached hydrogens (tertiary/aromatic N) is 3. The van der Waals surface area contributed by atoms with Crippen LogP contribution in [0, 0.1) is 0 Å². The lowest BCUT2D eigenvalue weighted by atomic mass is 10.1. The molecule has 162 valence electrons. The summed E-state index contributed by atoms with van der Waals surface area (Å²) in [7, 11) is 4.99. The molecule has 0 bridgehead atoms. The summed E-state index contributed by atoms with van der Waals surface area (Å²) in [5, 5.41) is 8.82. The Kier molecular flexibility index (Phi) is 8.02. The Morgan fingerprint density at radius 3 is 2.40 bits per heavy atom. The lowest BCUT2D eigenvalue weighted by molar-refractivity contribution is -0.137. The molecule has 1 aromatic carbocycles. The smallest absolute Gasteiger partial charge is 0.368 e. The molecule has 0 aliphatic carbocycles. The fourth-order valence-electron chi connectivity index (χ4n) is 2.57. The van der Waals surface area contributed by atoms with Crippen LogP contribution in [0.25, 0.3) is 0 Å². The van der Waals surface area contributed by atoms with E-state index in [9.17, 15) is 18.0 Å². The number of pyridine rings is 1. The maximum Gasteiger partial charge on any atom is 0.419 e. The Morgan fingerprint density at radius 2 is 1.80 bits per heavy atom. The Labute approximate surface area is 173 Å². The van der Waals surface area contributed by atoms with Crippen molar-refractivity contribution in [1.29, 1.82) is 0 Å². The van der Waals surface area contributed by atoms with Gasteiger partial charge in [-0.15, -0.1) is 0 Å². The van der Waals surface area contributed by atoms with Crippen molar-refractivity contribution in [2.75, 3.05) is 39.5 Å². The number of nitrogens with one attached hydrogen (secondary N) is 3. The Balaban J connectivity index is 1.80. The molecule has 2 aromatic rings. The molecule has 1 amide bonds. The zero-order valence-electron chi connectivity index (χ0n) is 17.0. The molecule has 0 saturated carbocycles. The number of alkyl halides is 3. The molecule has 10 heteroatoms. The normalized spacial score (nSPS) is 11.7. The molecule has 2 rings (SSSR count). The molecule has 3 N–H and O–H groups in total. The minimum atomic E-state index is -4.46. The van der Waals surface area contributed by atoms with Gasteiger partial charge in [-0.3, -0.25) is 9.79 Å². The van der Waals surface area contributed by atoms with Crippen LogP contribution < -0.4 is 16.0 Å². The van der Waals surface area contributed by atoms with Gasteiger partial charge in [-0.25, -0.2) is 4.98 Å². The molecule has 1 aromatic heterocycles. The van der Waals surface area contributed by atoms with Crippen LogP contribution in [0.15, 0.2) is 47.6 Å². The SMILES string of the molecule is CN=C(NCCNc1ncccc1C(F)(F)F)NCc1ccc(C(=O)N(C)C)cc1. The summed E-state index contributed by atoms with van der Waals surface area (Å²) in [6.45, 7) is 1.04. The zero-order valence-corrected chi connectivity index (χ0v) is 17.0. The highest BCUT2D eigenvalue weighted by Crippen LogP contribution is 2.33. The molecular weight excluding hydrogens is 397 g/mol. The topological polar surface area (TPSA) is 81.6 Å². The molecular formula is C20H25F3N6O. The average molecular weight is 422 g/mol. The van der Waals surface area contributed by atoms with E-state index in [1.54, 1.807) is 33.3 Å². The first-order valence-electron chi connectivity index (χ1n) is 9.23. The number of benzene rings is 1. The van der Waals surface area contributed by atoms with Crippen molar-refractivity contribution >= 4 is 17.7 Å². The van der Waals surface area contributed by atoms with Gasteiger partial charge in [0.2, 0.25) is 0 Å². The molecule has 0 saturated heterocycles. The first-order valence-corrected chi connectivity index (χ1v) is 9.23. The highest BCUT2D eigenvalue weighted by Gasteiger charge is 2.33. The quantitative estimate of drug-likeness (QED) is 0.363. The van der Waals surface area contributed by atoms with E-state index in [-0.39, 0.29) is 18.3 Å². The summed E-state index contributed by atoms with van der Waals surface area (Å²) in [5.41, 5.74) is 0.753. The van der Waals surface area contributed by atoms with Crippen molar-refractivity contribution < 1.29 is 18.0 Å². The van der Waals surface area contributed by atoms with Gasteiger partial charge in [-0.05, 0) is 29.8 Å². The Morgan fingerprint density at radius 1 is 1.10 bits per heavy atom. The van der Waals surface area contributed by atoms with E-state index in [2.05, 4.69) is 25.9 Å². The first-order chi connectivity index (χ1) is 14.2. The molecule has 0 spiro atoms. The van der Waals surface area contributed by atoms with Crippen molar-refractivity contribution in [3.63, 3.8) is 0 Å². The molecule has 7 nitrogen and oxygen atoms in total. The molecule has 0 fully saturated rings. The summed E-state index contributed by atoms with van der Waals surface area (Å²) < 4.78 is 38.9. The predicted molar refractivity (Wildman–Crippen MR) is 110 cm³/mol. The van der Waals surface area contributed by atoms with Gasteiger partial charge in [0.05, 0.1) is 5.56 Å². The van der Waals surface area contributed by atoms with Crippen LogP contribution in [0.1, 0.15) is 21.5 Å². The fourth-order valence-corrected chi connectivity index (χ4v) is 2.57. The second-order valence-corrected chi connectivity index (χ2v) is 6.57. The van der Waals surface area contributed by atoms with Crippen molar-refractivity contribution in [3.05, 3.63) is 59.3 Å². The number of amides is 1. The minimum absolute atomic E-state index is 0.0685. The third-order valence-corrected chi connectivity index (χ3v) is 4.11. The van der Waals surface area contributed by atoms with E-state index in [0.29, 0.717) is 24.6 Å². The van der Waals surface area contributed by atoms with Crippen LogP contribution in [-0.4, -0.2) is 56.0 Å². The number of anilines is 1. The van der Waals surface area contributed by atoms with Gasteiger partial charge in [-0.2, -0.15) is 13.2 Å². The maximum atomic E-state index is 13.0. The number of hydrogen-bond donors (Lipinski definition) is 3. The summed E-state index contributed by atoms with van der Waals surface area (Å²) in [4.78, 5) is 21.3. The number of carbonyl (C=O) groups excluding carboxylic acids is 1. The van der Waals surface area contributed by atoms with Crippen molar-refractivity contribution in [2.24, 2.45) is 4.99 Å². The summed E-state index contributed by atoms with van der Waals surface area (Å²) >= 11 is 0. The minimum Gasteiger partial charge on any atom is -0.368 e. The lowest BCUT2D eigenvalue weighted by Gasteiger charge is -2.15. The van der Waals surface area contributed by atoms with E-state index >= 15 is 0 Å². The van der Waals surface area contributed by atoms with Crippen LogP contribution in [0.2, 0.25) is 0 Å². The van der Waals surface area contributed by atoms with E-state index in [4.69, 9.17) is 0 Å². The highest BCUT2D eigenvalue weighted by atomic mass is 19.4. The van der Waals surface area contributed by atoms with Gasteiger partial charge >= 0.3 is 6.18 Å². The molecule has 1 heterocycles. The Bertz CT molecular complexity index is 866. The van der Waals surface area contributed by atoms with E-state index in [1.807, 2.05) is 12.1 Å². The number of aliphatic imine (C=N–C) groups is 1. The van der Waals surface area contributed by atoms with E-state index < -0.39 is 11.7 Å². The molecule has 0 aliphatic rings. The highest BCUT2D eigenvalue weighted by molar-refractivity contribution is 5.93. The van der Waals surface area contributed by atoms with E-state index in [1.165, 1.54) is 17.2 Å². The predicted octanol–water partition coefficient (Wildman–Crippen LogP) is 2.58. The van der Waals surface area contributed by atoms with Gasteiger partial charge < -0.3 is 20.9 Å². The molecule has 30 heavy (non-hydrogen) atoms. The van der Waals surface area contributed by atoms with Gasteiger partial charge in [0.25, 0.3) is 5.91 Å². The zero-order chi connectivity index (χ0) is 22.1. The first kappa shape index (κ1) is 23.0. The number of aromatic nitrogens is 1. The number of guanidine groups is 1. The lowest BCUT2D eigenvalue weighted by Crippen LogP contribution is -2.39. The van der Waals surface area contributed by atoms with Crippen molar-refractivity contribution in [2.45, 2.75) is 12.7 Å². The maximum absolute atomic E-state index is 13.0. The van der Waals surface area contributed by atoms with Crippen LogP contribution in [0.4, 0.5) is 19.0 Å². The van der Waals surface area contributed by atoms with Crippen LogP contribution >= 0.6 is 0 Å². The molecule has 0 aliphatic heterocycles. The van der Waals surface area contributed by atoms with Crippen LogP contribution in [0.3, 0.4) is 0 Å². The summed E-state index contributed by atoms with van der Waals surface area (Å²) in [5.74, 6) is 0.227. The fraction of sp³-hybridized carbons (Fsp3) is 0.350. The summed E-state index contributed by atoms with van der Waals surface area (Å²) in [6, 6.07) is 9.44. The number of carbonyl (C=O) groups is 1. The van der Waals surface area contributed by atoms with Gasteiger partial charge in [0, 0.05) is 52.5 Å². The average Bonchev–Trinajstić information content (AvgIpc) is 2.72. The third kappa shape index (κ3) is 6.64. The Hall–Kier alpha value is -3.30. The van der Waals surface area contributed by atoms with Gasteiger partial charge in [0.15, 0.2) is 5.96 Å². The molecule has 0 radical (unpaired) electrons. The number of rotatable bonds is 7. The summed E-state index contributed by atoms with van der Waals surface area (Å²) in [6.07, 6.45) is -3.16. The van der Waals surface area contributed by atoms with Crippen molar-refractivity contribution in [3.8, 4) is 0 Å². The number of halogens is 3. The molecule has 0 unspecified atom stereocenters. The van der Waals surface area contributed by atoms with Crippen LogP contribution in [0.5, 0.6) is 0 Å². The second kappa shape index (κ2) is 10.5. The van der Waals surface area contributed by atoms with E-state index in [0.717, 1.165) is 11.6 Å². The van der Waals surface area contributed by atoms with Gasteiger partial charge in [0.1, 0.15) is 5.82 Å². The van der Waals surface area contributed by atoms with Crippen LogP contribution in [-0.2, 0) is 12.7 Å². The monoisotopic (exact) mass is 422 g/mol.